The minimum atomic E-state index is -0.659. The minimum absolute atomic E-state index is 0.0638. The van der Waals surface area contributed by atoms with E-state index < -0.39 is 11.4 Å². The highest BCUT2D eigenvalue weighted by Gasteiger charge is 2.52. The van der Waals surface area contributed by atoms with Gasteiger partial charge in [-0.25, -0.2) is 14.4 Å². The maximum absolute atomic E-state index is 13.5. The van der Waals surface area contributed by atoms with Crippen molar-refractivity contribution in [3.05, 3.63) is 47.2 Å². The number of aryl methyl sites for hydroxylation is 2. The zero-order valence-corrected chi connectivity index (χ0v) is 19.9. The van der Waals surface area contributed by atoms with Crippen LogP contribution < -0.4 is 10.6 Å². The van der Waals surface area contributed by atoms with Gasteiger partial charge in [-0.05, 0) is 68.1 Å². The number of carbonyl (C=O) groups excluding carboxylic acids is 1. The molecule has 2 heterocycles. The predicted octanol–water partition coefficient (Wildman–Crippen LogP) is 3.58. The van der Waals surface area contributed by atoms with Gasteiger partial charge in [-0.1, -0.05) is 12.1 Å². The maximum Gasteiger partial charge on any atom is 0.309 e. The number of nitrogens with zero attached hydrogens (tertiary/aromatic N) is 4. The van der Waals surface area contributed by atoms with Crippen LogP contribution in [-0.4, -0.2) is 43.3 Å². The highest BCUT2D eigenvalue weighted by Crippen LogP contribution is 2.57. The van der Waals surface area contributed by atoms with Crippen LogP contribution in [0.5, 0.6) is 0 Å². The topological polar surface area (TPSA) is 122 Å². The monoisotopic (exact) mass is 480 g/mol. The van der Waals surface area contributed by atoms with E-state index in [0.717, 1.165) is 44.1 Å². The van der Waals surface area contributed by atoms with Crippen molar-refractivity contribution in [1.29, 1.82) is 0 Å². The molecule has 0 radical (unpaired) electrons. The molecule has 0 aliphatic heterocycles. The highest BCUT2D eigenvalue weighted by atomic mass is 19.1. The number of carbonyl (C=O) groups is 2. The molecule has 3 aromatic rings. The first kappa shape index (κ1) is 23.2. The summed E-state index contributed by atoms with van der Waals surface area (Å²) in [6.45, 7) is 2.62. The molecule has 2 bridgehead atoms. The lowest BCUT2D eigenvalue weighted by atomic mass is 9.53. The third kappa shape index (κ3) is 4.11. The summed E-state index contributed by atoms with van der Waals surface area (Å²) in [5.74, 6) is -0.616. The molecule has 1 aromatic carbocycles. The standard InChI is InChI=1S/C25H29FN6O3/c1-15-11-16(3-4-17(15)26)12-27-22(33)20-18-19(29-14-30-20)21(32(2)31-18)28-13-24-5-8-25(9-6-24,10-7-24)23(34)35/h3-4,11,14,28H,5-10,12-13H2,1-2H3,(H,27,33)(H,34,35). The fourth-order valence-corrected chi connectivity index (χ4v) is 5.57. The number of rotatable bonds is 7. The van der Waals surface area contributed by atoms with Gasteiger partial charge in [0.25, 0.3) is 5.91 Å². The zero-order chi connectivity index (χ0) is 24.8. The van der Waals surface area contributed by atoms with Crippen molar-refractivity contribution in [2.24, 2.45) is 17.9 Å². The van der Waals surface area contributed by atoms with Crippen LogP contribution in [0.1, 0.15) is 60.1 Å². The van der Waals surface area contributed by atoms with Gasteiger partial charge in [0.1, 0.15) is 23.2 Å². The van der Waals surface area contributed by atoms with Crippen LogP contribution in [0.15, 0.2) is 24.5 Å². The van der Waals surface area contributed by atoms with Gasteiger partial charge < -0.3 is 15.7 Å². The number of hydrogen-bond acceptors (Lipinski definition) is 6. The van der Waals surface area contributed by atoms with E-state index in [1.165, 1.54) is 12.4 Å². The molecule has 9 nitrogen and oxygen atoms in total. The van der Waals surface area contributed by atoms with E-state index in [1.54, 1.807) is 30.8 Å². The van der Waals surface area contributed by atoms with Crippen LogP contribution in [-0.2, 0) is 18.4 Å². The number of anilines is 1. The van der Waals surface area contributed by atoms with Crippen LogP contribution in [0.3, 0.4) is 0 Å². The lowest BCUT2D eigenvalue weighted by molar-refractivity contribution is -0.158. The van der Waals surface area contributed by atoms with Gasteiger partial charge in [-0.2, -0.15) is 5.10 Å². The summed E-state index contributed by atoms with van der Waals surface area (Å²) in [6.07, 6.45) is 6.16. The molecular weight excluding hydrogens is 451 g/mol. The molecule has 2 aromatic heterocycles. The Labute approximate surface area is 202 Å². The molecule has 3 N–H and O–H groups in total. The van der Waals surface area contributed by atoms with Crippen LogP contribution in [0.4, 0.5) is 10.2 Å². The summed E-state index contributed by atoms with van der Waals surface area (Å²) in [4.78, 5) is 33.2. The van der Waals surface area contributed by atoms with Gasteiger partial charge >= 0.3 is 5.97 Å². The van der Waals surface area contributed by atoms with Gasteiger partial charge in [-0.3, -0.25) is 14.3 Å². The van der Waals surface area contributed by atoms with Crippen molar-refractivity contribution in [3.63, 3.8) is 0 Å². The number of amides is 1. The Hall–Kier alpha value is -3.56. The Kier molecular flexibility index (Phi) is 5.69. The summed E-state index contributed by atoms with van der Waals surface area (Å²) in [6, 6.07) is 4.72. The van der Waals surface area contributed by atoms with Crippen molar-refractivity contribution in [2.45, 2.75) is 52.0 Å². The van der Waals surface area contributed by atoms with Crippen molar-refractivity contribution in [1.82, 2.24) is 25.1 Å². The number of benzene rings is 1. The third-order valence-corrected chi connectivity index (χ3v) is 8.00. The van der Waals surface area contributed by atoms with Crippen LogP contribution in [0, 0.1) is 23.6 Å². The zero-order valence-electron chi connectivity index (χ0n) is 19.9. The molecule has 3 aliphatic carbocycles. The second-order valence-corrected chi connectivity index (χ2v) is 10.1. The first-order valence-electron chi connectivity index (χ1n) is 11.9. The Morgan fingerprint density at radius 1 is 1.11 bits per heavy atom. The van der Waals surface area contributed by atoms with Crippen molar-refractivity contribution in [3.8, 4) is 0 Å². The van der Waals surface area contributed by atoms with Gasteiger partial charge in [-0.15, -0.1) is 0 Å². The van der Waals surface area contributed by atoms with E-state index in [1.807, 2.05) is 0 Å². The van der Waals surface area contributed by atoms with E-state index >= 15 is 0 Å². The molecule has 3 aliphatic rings. The van der Waals surface area contributed by atoms with Crippen molar-refractivity contribution < 1.29 is 19.1 Å². The van der Waals surface area contributed by atoms with Crippen LogP contribution in [0.25, 0.3) is 11.0 Å². The normalized spacial score (nSPS) is 23.4. The van der Waals surface area contributed by atoms with Crippen molar-refractivity contribution >= 4 is 28.7 Å². The SMILES string of the molecule is Cc1cc(CNC(=O)c2ncnc3c(NCC45CCC(C(=O)O)(CC4)CC5)n(C)nc23)ccc1F. The molecule has 1 amide bonds. The molecular formula is C25H29FN6O3. The highest BCUT2D eigenvalue weighted by molar-refractivity contribution is 6.04. The van der Waals surface area contributed by atoms with E-state index in [9.17, 15) is 19.1 Å². The van der Waals surface area contributed by atoms with Gasteiger partial charge in [0.05, 0.1) is 5.41 Å². The fourth-order valence-electron chi connectivity index (χ4n) is 5.57. The Bertz CT molecular complexity index is 1300. The largest absolute Gasteiger partial charge is 0.481 e. The number of hydrogen-bond donors (Lipinski definition) is 3. The molecule has 0 unspecified atom stereocenters. The summed E-state index contributed by atoms with van der Waals surface area (Å²) in [7, 11) is 1.79. The molecule has 3 fully saturated rings. The summed E-state index contributed by atoms with van der Waals surface area (Å²) >= 11 is 0. The Morgan fingerprint density at radius 3 is 2.49 bits per heavy atom. The first-order chi connectivity index (χ1) is 16.7. The average molecular weight is 481 g/mol. The quantitative estimate of drug-likeness (QED) is 0.472. The van der Waals surface area contributed by atoms with Crippen molar-refractivity contribution in [2.75, 3.05) is 11.9 Å². The first-order valence-corrected chi connectivity index (χ1v) is 11.9. The van der Waals surface area contributed by atoms with Gasteiger partial charge in [0.2, 0.25) is 0 Å². The number of fused-ring (bicyclic) bond motifs is 4. The fraction of sp³-hybridized carbons (Fsp3) is 0.480. The smallest absolute Gasteiger partial charge is 0.309 e. The molecule has 0 spiro atoms. The molecule has 6 rings (SSSR count). The second kappa shape index (κ2) is 8.58. The van der Waals surface area contributed by atoms with Crippen LogP contribution in [0.2, 0.25) is 0 Å². The molecule has 10 heteroatoms. The molecule has 35 heavy (non-hydrogen) atoms. The van der Waals surface area contributed by atoms with Gasteiger partial charge in [0.15, 0.2) is 11.5 Å². The minimum Gasteiger partial charge on any atom is -0.481 e. The van der Waals surface area contributed by atoms with Crippen LogP contribution >= 0.6 is 0 Å². The third-order valence-electron chi connectivity index (χ3n) is 8.00. The molecule has 0 atom stereocenters. The Balaban J connectivity index is 1.31. The Morgan fingerprint density at radius 2 is 1.83 bits per heavy atom. The summed E-state index contributed by atoms with van der Waals surface area (Å²) < 4.78 is 15.2. The summed E-state index contributed by atoms with van der Waals surface area (Å²) in [5.41, 5.74) is 1.98. The van der Waals surface area contributed by atoms with Gasteiger partial charge in [0, 0.05) is 20.1 Å². The molecule has 3 saturated carbocycles. The van der Waals surface area contributed by atoms with E-state index in [0.29, 0.717) is 29.0 Å². The molecule has 184 valence electrons. The van der Waals surface area contributed by atoms with E-state index in [-0.39, 0.29) is 29.4 Å². The number of aromatic nitrogens is 4. The summed E-state index contributed by atoms with van der Waals surface area (Å²) in [5, 5.41) is 20.5. The van der Waals surface area contributed by atoms with E-state index in [2.05, 4.69) is 25.7 Å². The number of nitrogens with one attached hydrogen (secondary N) is 2. The number of aliphatic carboxylic acids is 1. The van der Waals surface area contributed by atoms with E-state index in [4.69, 9.17) is 0 Å². The average Bonchev–Trinajstić information content (AvgIpc) is 3.19. The lowest BCUT2D eigenvalue weighted by Crippen LogP contribution is -2.48. The maximum atomic E-state index is 13.5. The predicted molar refractivity (Wildman–Crippen MR) is 127 cm³/mol. The number of carboxylic acids is 1. The second-order valence-electron chi connectivity index (χ2n) is 10.1. The lowest BCUT2D eigenvalue weighted by Gasteiger charge is -2.51. The molecule has 0 saturated heterocycles. The number of halogens is 1. The number of carboxylic acid groups (broad SMARTS) is 1.